The van der Waals surface area contributed by atoms with Gasteiger partial charge in [-0.25, -0.2) is 0 Å². The van der Waals surface area contributed by atoms with Crippen LogP contribution in [0.5, 0.6) is 0 Å². The van der Waals surface area contributed by atoms with Gasteiger partial charge in [-0.3, -0.25) is 4.79 Å². The van der Waals surface area contributed by atoms with Crippen molar-refractivity contribution in [1.29, 1.82) is 0 Å². The third kappa shape index (κ3) is 3.41. The van der Waals surface area contributed by atoms with E-state index in [1.807, 2.05) is 11.0 Å². The molecule has 0 radical (unpaired) electrons. The van der Waals surface area contributed by atoms with Crippen molar-refractivity contribution in [2.75, 3.05) is 13.1 Å². The topological polar surface area (TPSA) is 20.3 Å². The highest BCUT2D eigenvalue weighted by Gasteiger charge is 2.32. The molecule has 0 saturated heterocycles. The first kappa shape index (κ1) is 15.1. The molecule has 1 aliphatic rings. The molecule has 0 unspecified atom stereocenters. The molecule has 20 heavy (non-hydrogen) atoms. The summed E-state index contributed by atoms with van der Waals surface area (Å²) in [5, 5.41) is 0. The van der Waals surface area contributed by atoms with Gasteiger partial charge in [-0.05, 0) is 38.2 Å². The Morgan fingerprint density at radius 3 is 2.25 bits per heavy atom. The van der Waals surface area contributed by atoms with E-state index in [2.05, 4.69) is 38.1 Å². The van der Waals surface area contributed by atoms with E-state index in [-0.39, 0.29) is 5.92 Å². The van der Waals surface area contributed by atoms with Gasteiger partial charge in [-0.1, -0.05) is 49.6 Å². The lowest BCUT2D eigenvalue weighted by Crippen LogP contribution is -2.38. The first-order valence-electron chi connectivity index (χ1n) is 8.11. The molecule has 1 saturated carbocycles. The number of rotatable bonds is 5. The summed E-state index contributed by atoms with van der Waals surface area (Å²) < 4.78 is 0. The Hall–Kier alpha value is -1.31. The second-order valence-electron chi connectivity index (χ2n) is 5.80. The van der Waals surface area contributed by atoms with E-state index < -0.39 is 0 Å². The van der Waals surface area contributed by atoms with Crippen LogP contribution in [-0.4, -0.2) is 23.9 Å². The highest BCUT2D eigenvalue weighted by atomic mass is 16.2. The van der Waals surface area contributed by atoms with Gasteiger partial charge < -0.3 is 4.90 Å². The molecule has 2 nitrogen and oxygen atoms in total. The predicted molar refractivity (Wildman–Crippen MR) is 83.7 cm³/mol. The van der Waals surface area contributed by atoms with Crippen LogP contribution in [-0.2, 0) is 4.79 Å². The lowest BCUT2D eigenvalue weighted by atomic mass is 9.76. The van der Waals surface area contributed by atoms with Crippen LogP contribution in [0.3, 0.4) is 0 Å². The number of nitrogens with zero attached hydrogens (tertiary/aromatic N) is 1. The zero-order chi connectivity index (χ0) is 14.4. The van der Waals surface area contributed by atoms with E-state index in [9.17, 15) is 4.79 Å². The molecule has 0 heterocycles. The molecular formula is C18H27NO. The molecule has 0 aliphatic heterocycles. The predicted octanol–water partition coefficient (Wildman–Crippen LogP) is 4.22. The lowest BCUT2D eigenvalue weighted by molar-refractivity contribution is -0.134. The minimum atomic E-state index is 0.0661. The zero-order valence-electron chi connectivity index (χ0n) is 12.8. The molecule has 1 fully saturated rings. The van der Waals surface area contributed by atoms with Crippen LogP contribution >= 0.6 is 0 Å². The second kappa shape index (κ2) is 7.47. The summed E-state index contributed by atoms with van der Waals surface area (Å²) in [6.45, 7) is 5.77. The van der Waals surface area contributed by atoms with Crippen molar-refractivity contribution in [3.8, 4) is 0 Å². The van der Waals surface area contributed by atoms with Gasteiger partial charge in [0.1, 0.15) is 0 Å². The van der Waals surface area contributed by atoms with Gasteiger partial charge in [0.15, 0.2) is 0 Å². The van der Waals surface area contributed by atoms with E-state index in [4.69, 9.17) is 0 Å². The van der Waals surface area contributed by atoms with Gasteiger partial charge in [-0.2, -0.15) is 0 Å². The Labute approximate surface area is 123 Å². The molecule has 0 bridgehead atoms. The van der Waals surface area contributed by atoms with Crippen LogP contribution < -0.4 is 0 Å². The summed E-state index contributed by atoms with van der Waals surface area (Å²) in [6, 6.07) is 10.4. The van der Waals surface area contributed by atoms with Crippen LogP contribution in [0.15, 0.2) is 30.3 Å². The SMILES string of the molecule is CCN(CC)C(=O)[C@H](c1ccccc1)C1CCCCC1. The average molecular weight is 273 g/mol. The van der Waals surface area contributed by atoms with E-state index in [0.717, 1.165) is 13.1 Å². The number of carbonyl (C=O) groups excluding carboxylic acids is 1. The molecule has 1 amide bonds. The van der Waals surface area contributed by atoms with Gasteiger partial charge in [0.2, 0.25) is 5.91 Å². The summed E-state index contributed by atoms with van der Waals surface area (Å²) in [4.78, 5) is 14.9. The summed E-state index contributed by atoms with van der Waals surface area (Å²) in [5.74, 6) is 0.920. The van der Waals surface area contributed by atoms with Crippen LogP contribution in [0.1, 0.15) is 57.4 Å². The fourth-order valence-electron chi connectivity index (χ4n) is 3.48. The second-order valence-corrected chi connectivity index (χ2v) is 5.80. The molecule has 0 N–H and O–H groups in total. The number of hydrogen-bond donors (Lipinski definition) is 0. The van der Waals surface area contributed by atoms with E-state index in [1.54, 1.807) is 0 Å². The molecule has 1 aromatic carbocycles. The molecule has 1 aliphatic carbocycles. The monoisotopic (exact) mass is 273 g/mol. The number of carbonyl (C=O) groups is 1. The van der Waals surface area contributed by atoms with Gasteiger partial charge in [-0.15, -0.1) is 0 Å². The summed E-state index contributed by atoms with van der Waals surface area (Å²) in [5.41, 5.74) is 1.20. The largest absolute Gasteiger partial charge is 0.343 e. The zero-order valence-corrected chi connectivity index (χ0v) is 12.8. The number of hydrogen-bond acceptors (Lipinski definition) is 1. The van der Waals surface area contributed by atoms with Gasteiger partial charge in [0.05, 0.1) is 5.92 Å². The van der Waals surface area contributed by atoms with E-state index in [1.165, 1.54) is 37.7 Å². The fourth-order valence-corrected chi connectivity index (χ4v) is 3.48. The third-order valence-electron chi connectivity index (χ3n) is 4.62. The first-order valence-corrected chi connectivity index (χ1v) is 8.11. The molecule has 0 spiro atoms. The van der Waals surface area contributed by atoms with E-state index in [0.29, 0.717) is 11.8 Å². The maximum absolute atomic E-state index is 12.9. The summed E-state index contributed by atoms with van der Waals surface area (Å²) in [7, 11) is 0. The van der Waals surface area contributed by atoms with Crippen LogP contribution in [0, 0.1) is 5.92 Å². The highest BCUT2D eigenvalue weighted by Crippen LogP contribution is 2.37. The smallest absolute Gasteiger partial charge is 0.230 e. The fraction of sp³-hybridized carbons (Fsp3) is 0.611. The van der Waals surface area contributed by atoms with Crippen molar-refractivity contribution in [1.82, 2.24) is 4.90 Å². The van der Waals surface area contributed by atoms with Crippen molar-refractivity contribution in [3.63, 3.8) is 0 Å². The maximum Gasteiger partial charge on any atom is 0.230 e. The maximum atomic E-state index is 12.9. The number of likely N-dealkylation sites (N-methyl/N-ethyl adjacent to an activating group) is 1. The number of amides is 1. The lowest BCUT2D eigenvalue weighted by Gasteiger charge is -2.33. The Morgan fingerprint density at radius 1 is 1.10 bits per heavy atom. The minimum Gasteiger partial charge on any atom is -0.343 e. The van der Waals surface area contributed by atoms with Crippen molar-refractivity contribution >= 4 is 5.91 Å². The first-order chi connectivity index (χ1) is 9.77. The standard InChI is InChI=1S/C18H27NO/c1-3-19(4-2)18(20)17(15-11-7-5-8-12-15)16-13-9-6-10-14-16/h5,7-8,11-12,16-17H,3-4,6,9-10,13-14H2,1-2H3/t17-/m1/s1. The minimum absolute atomic E-state index is 0.0661. The van der Waals surface area contributed by atoms with Gasteiger partial charge in [0, 0.05) is 13.1 Å². The Balaban J connectivity index is 2.26. The summed E-state index contributed by atoms with van der Waals surface area (Å²) >= 11 is 0. The van der Waals surface area contributed by atoms with Gasteiger partial charge in [0.25, 0.3) is 0 Å². The van der Waals surface area contributed by atoms with Crippen molar-refractivity contribution in [2.24, 2.45) is 5.92 Å². The van der Waals surface area contributed by atoms with Crippen LogP contribution in [0.25, 0.3) is 0 Å². The Bertz CT molecular complexity index is 405. The van der Waals surface area contributed by atoms with Crippen molar-refractivity contribution < 1.29 is 4.79 Å². The quantitative estimate of drug-likeness (QED) is 0.786. The highest BCUT2D eigenvalue weighted by molar-refractivity contribution is 5.84. The Morgan fingerprint density at radius 2 is 1.70 bits per heavy atom. The van der Waals surface area contributed by atoms with Crippen LogP contribution in [0.4, 0.5) is 0 Å². The molecule has 1 aromatic rings. The Kier molecular flexibility index (Phi) is 5.63. The molecule has 0 aromatic heterocycles. The van der Waals surface area contributed by atoms with Crippen molar-refractivity contribution in [2.45, 2.75) is 51.9 Å². The molecular weight excluding hydrogens is 246 g/mol. The normalized spacial score (nSPS) is 17.7. The van der Waals surface area contributed by atoms with Crippen LogP contribution in [0.2, 0.25) is 0 Å². The molecule has 2 heteroatoms. The third-order valence-corrected chi connectivity index (χ3v) is 4.62. The van der Waals surface area contributed by atoms with Crippen molar-refractivity contribution in [3.05, 3.63) is 35.9 Å². The number of benzene rings is 1. The average Bonchev–Trinajstić information content (AvgIpc) is 2.51. The van der Waals surface area contributed by atoms with E-state index >= 15 is 0 Å². The molecule has 110 valence electrons. The summed E-state index contributed by atoms with van der Waals surface area (Å²) in [6.07, 6.45) is 6.29. The molecule has 1 atom stereocenters. The van der Waals surface area contributed by atoms with Gasteiger partial charge >= 0.3 is 0 Å². The molecule has 2 rings (SSSR count).